The molecular formula is C6H10Br2O2. The predicted molar refractivity (Wildman–Crippen MR) is 48.0 cm³/mol. The van der Waals surface area contributed by atoms with E-state index in [2.05, 4.69) is 31.9 Å². The summed E-state index contributed by atoms with van der Waals surface area (Å²) in [5, 5.41) is 8.73. The lowest BCUT2D eigenvalue weighted by atomic mass is 10.0. The second-order valence-electron chi connectivity index (χ2n) is 2.14. The molecule has 60 valence electrons. The maximum atomic E-state index is 10.6. The van der Waals surface area contributed by atoms with E-state index in [0.29, 0.717) is 6.42 Å². The fourth-order valence-electron chi connectivity index (χ4n) is 0.603. The van der Waals surface area contributed by atoms with Crippen LogP contribution in [0.4, 0.5) is 0 Å². The normalized spacial score (nSPS) is 19.6. The molecule has 0 radical (unpaired) electrons. The van der Waals surface area contributed by atoms with Crippen LogP contribution in [0.25, 0.3) is 0 Å². The highest BCUT2D eigenvalue weighted by Crippen LogP contribution is 2.31. The minimum atomic E-state index is -0.820. The molecule has 0 aliphatic rings. The zero-order chi connectivity index (χ0) is 8.36. The fraction of sp³-hybridized carbons (Fsp3) is 0.833. The van der Waals surface area contributed by atoms with E-state index in [9.17, 15) is 4.79 Å². The van der Waals surface area contributed by atoms with E-state index < -0.39 is 10.3 Å². The van der Waals surface area contributed by atoms with Crippen LogP contribution < -0.4 is 0 Å². The Morgan fingerprint density at radius 2 is 2.20 bits per heavy atom. The summed E-state index contributed by atoms with van der Waals surface area (Å²) in [7, 11) is 0. The number of rotatable bonds is 3. The second-order valence-corrected chi connectivity index (χ2v) is 4.93. The van der Waals surface area contributed by atoms with Crippen LogP contribution >= 0.6 is 31.9 Å². The molecule has 4 heteroatoms. The predicted octanol–water partition coefficient (Wildman–Crippen LogP) is 2.40. The van der Waals surface area contributed by atoms with Gasteiger partial charge in [0.25, 0.3) is 0 Å². The summed E-state index contributed by atoms with van der Waals surface area (Å²) in [6.07, 6.45) is 0.564. The molecule has 0 bridgehead atoms. The first-order valence-corrected chi connectivity index (χ1v) is 4.72. The molecule has 2 nitrogen and oxygen atoms in total. The van der Waals surface area contributed by atoms with Crippen LogP contribution in [-0.4, -0.2) is 20.2 Å². The molecule has 0 aromatic rings. The largest absolute Gasteiger partial charge is 0.480 e. The Balaban J connectivity index is 4.38. The van der Waals surface area contributed by atoms with Gasteiger partial charge in [-0.1, -0.05) is 45.7 Å². The van der Waals surface area contributed by atoms with E-state index in [1.54, 1.807) is 0 Å². The number of alkyl halides is 2. The van der Waals surface area contributed by atoms with Crippen molar-refractivity contribution in [3.8, 4) is 0 Å². The summed E-state index contributed by atoms with van der Waals surface area (Å²) in [6.45, 7) is 3.65. The van der Waals surface area contributed by atoms with Gasteiger partial charge >= 0.3 is 5.97 Å². The third-order valence-corrected chi connectivity index (χ3v) is 4.48. The van der Waals surface area contributed by atoms with Crippen molar-refractivity contribution in [3.05, 3.63) is 0 Å². The van der Waals surface area contributed by atoms with Gasteiger partial charge in [-0.15, -0.1) is 0 Å². The standard InChI is InChI=1S/C6H10Br2O2/c1-3-6(8,4(2)7)5(9)10/h4H,3H2,1-2H3,(H,9,10)/t4-,6+/m0/s1. The summed E-state index contributed by atoms with van der Waals surface area (Å²) >= 11 is 6.40. The van der Waals surface area contributed by atoms with Gasteiger partial charge in [-0.05, 0) is 6.42 Å². The van der Waals surface area contributed by atoms with Gasteiger partial charge in [-0.25, -0.2) is 0 Å². The number of carboxylic acids is 1. The summed E-state index contributed by atoms with van der Waals surface area (Å²) in [5.74, 6) is -0.820. The molecule has 0 aliphatic heterocycles. The summed E-state index contributed by atoms with van der Waals surface area (Å²) in [5.41, 5.74) is 0. The average molecular weight is 274 g/mol. The molecule has 0 amide bonds. The third-order valence-electron chi connectivity index (χ3n) is 1.50. The molecule has 1 N–H and O–H groups in total. The Bertz CT molecular complexity index is 136. The lowest BCUT2D eigenvalue weighted by molar-refractivity contribution is -0.139. The molecule has 0 aliphatic carbocycles. The molecule has 0 saturated heterocycles. The molecule has 10 heavy (non-hydrogen) atoms. The molecule has 0 fully saturated rings. The van der Waals surface area contributed by atoms with Crippen molar-refractivity contribution in [2.75, 3.05) is 0 Å². The maximum absolute atomic E-state index is 10.6. The minimum Gasteiger partial charge on any atom is -0.480 e. The lowest BCUT2D eigenvalue weighted by Crippen LogP contribution is -2.38. The minimum absolute atomic E-state index is 0.0671. The monoisotopic (exact) mass is 272 g/mol. The van der Waals surface area contributed by atoms with Crippen LogP contribution in [0.5, 0.6) is 0 Å². The molecule has 0 heterocycles. The molecule has 0 aromatic heterocycles. The number of hydrogen-bond acceptors (Lipinski definition) is 1. The summed E-state index contributed by atoms with van der Waals surface area (Å²) < 4.78 is -0.812. The summed E-state index contributed by atoms with van der Waals surface area (Å²) in [4.78, 5) is 10.5. The Morgan fingerprint density at radius 3 is 2.20 bits per heavy atom. The molecule has 0 saturated carbocycles. The smallest absolute Gasteiger partial charge is 0.321 e. The van der Waals surface area contributed by atoms with Gasteiger partial charge in [0.05, 0.1) is 0 Å². The van der Waals surface area contributed by atoms with Crippen molar-refractivity contribution in [1.29, 1.82) is 0 Å². The Kier molecular flexibility index (Phi) is 3.88. The van der Waals surface area contributed by atoms with Gasteiger partial charge in [-0.3, -0.25) is 4.79 Å². The molecule has 2 atom stereocenters. The average Bonchev–Trinajstić information content (AvgIpc) is 1.85. The number of halogens is 2. The van der Waals surface area contributed by atoms with Gasteiger partial charge in [0.1, 0.15) is 4.32 Å². The topological polar surface area (TPSA) is 37.3 Å². The van der Waals surface area contributed by atoms with Crippen molar-refractivity contribution in [1.82, 2.24) is 0 Å². The zero-order valence-corrected chi connectivity index (χ0v) is 9.07. The van der Waals surface area contributed by atoms with Gasteiger partial charge in [0.15, 0.2) is 0 Å². The highest BCUT2D eigenvalue weighted by Gasteiger charge is 2.37. The van der Waals surface area contributed by atoms with E-state index in [-0.39, 0.29) is 4.83 Å². The van der Waals surface area contributed by atoms with Gasteiger partial charge in [0.2, 0.25) is 0 Å². The zero-order valence-electron chi connectivity index (χ0n) is 5.90. The van der Waals surface area contributed by atoms with Crippen LogP contribution in [0.1, 0.15) is 20.3 Å². The van der Waals surface area contributed by atoms with E-state index in [1.165, 1.54) is 0 Å². The number of carboxylic acid groups (broad SMARTS) is 1. The number of carbonyl (C=O) groups is 1. The van der Waals surface area contributed by atoms with Gasteiger partial charge in [0, 0.05) is 4.83 Å². The summed E-state index contributed by atoms with van der Waals surface area (Å²) in [6, 6.07) is 0. The fourth-order valence-corrected chi connectivity index (χ4v) is 1.12. The van der Waals surface area contributed by atoms with Crippen molar-refractivity contribution in [3.63, 3.8) is 0 Å². The highest BCUT2D eigenvalue weighted by atomic mass is 79.9. The van der Waals surface area contributed by atoms with E-state index in [1.807, 2.05) is 13.8 Å². The SMILES string of the molecule is CC[C@](Br)(C(=O)O)[C@H](C)Br. The quantitative estimate of drug-likeness (QED) is 0.802. The van der Waals surface area contributed by atoms with Crippen molar-refractivity contribution in [2.24, 2.45) is 0 Å². The first-order valence-electron chi connectivity index (χ1n) is 3.01. The molecule has 0 aromatic carbocycles. The lowest BCUT2D eigenvalue weighted by Gasteiger charge is -2.23. The van der Waals surface area contributed by atoms with E-state index >= 15 is 0 Å². The van der Waals surface area contributed by atoms with Crippen molar-refractivity contribution < 1.29 is 9.90 Å². The molecular weight excluding hydrogens is 264 g/mol. The van der Waals surface area contributed by atoms with Gasteiger partial charge in [-0.2, -0.15) is 0 Å². The highest BCUT2D eigenvalue weighted by molar-refractivity contribution is 9.12. The Morgan fingerprint density at radius 1 is 1.80 bits per heavy atom. The molecule has 0 rings (SSSR count). The van der Waals surface area contributed by atoms with Crippen LogP contribution in [0.2, 0.25) is 0 Å². The van der Waals surface area contributed by atoms with Crippen molar-refractivity contribution >= 4 is 37.8 Å². The third kappa shape index (κ3) is 1.95. The van der Waals surface area contributed by atoms with E-state index in [4.69, 9.17) is 5.11 Å². The number of aliphatic carboxylic acids is 1. The van der Waals surface area contributed by atoms with Gasteiger partial charge < -0.3 is 5.11 Å². The first kappa shape index (κ1) is 10.4. The van der Waals surface area contributed by atoms with Crippen LogP contribution in [0.15, 0.2) is 0 Å². The van der Waals surface area contributed by atoms with Crippen LogP contribution in [0, 0.1) is 0 Å². The Labute approximate surface area is 77.3 Å². The van der Waals surface area contributed by atoms with Crippen molar-refractivity contribution in [2.45, 2.75) is 29.4 Å². The Hall–Kier alpha value is 0.430. The molecule has 0 unspecified atom stereocenters. The second kappa shape index (κ2) is 3.72. The molecule has 0 spiro atoms. The van der Waals surface area contributed by atoms with E-state index in [0.717, 1.165) is 0 Å². The number of hydrogen-bond donors (Lipinski definition) is 1. The van der Waals surface area contributed by atoms with Crippen LogP contribution in [-0.2, 0) is 4.79 Å². The van der Waals surface area contributed by atoms with Crippen LogP contribution in [0.3, 0.4) is 0 Å². The maximum Gasteiger partial charge on any atom is 0.321 e. The first-order chi connectivity index (χ1) is 4.45.